The zero-order valence-corrected chi connectivity index (χ0v) is 10.2. The number of nitrogens with zero attached hydrogens (tertiary/aromatic N) is 1. The summed E-state index contributed by atoms with van der Waals surface area (Å²) < 4.78 is 0. The molecule has 1 aliphatic rings. The Morgan fingerprint density at radius 1 is 1.12 bits per heavy atom. The van der Waals surface area contributed by atoms with Crippen molar-refractivity contribution < 1.29 is 15.3 Å². The van der Waals surface area contributed by atoms with Gasteiger partial charge in [-0.25, -0.2) is 0 Å². The Kier molecular flexibility index (Phi) is 5.69. The van der Waals surface area contributed by atoms with Crippen molar-refractivity contribution in [3.63, 3.8) is 0 Å². The van der Waals surface area contributed by atoms with E-state index in [-0.39, 0.29) is 25.9 Å². The molecule has 0 aromatic carbocycles. The summed E-state index contributed by atoms with van der Waals surface area (Å²) in [7, 11) is 0. The number of hydrogen-bond donors (Lipinski definition) is 3. The van der Waals surface area contributed by atoms with E-state index in [0.29, 0.717) is 6.54 Å². The van der Waals surface area contributed by atoms with Gasteiger partial charge in [0.25, 0.3) is 0 Å². The van der Waals surface area contributed by atoms with Gasteiger partial charge in [-0.15, -0.1) is 0 Å². The van der Waals surface area contributed by atoms with E-state index in [1.165, 1.54) is 6.42 Å². The molecule has 0 aromatic rings. The minimum atomic E-state index is -0.461. The van der Waals surface area contributed by atoms with Gasteiger partial charge in [-0.05, 0) is 19.4 Å². The smallest absolute Gasteiger partial charge is 0.0586 e. The van der Waals surface area contributed by atoms with Crippen LogP contribution in [0.1, 0.15) is 32.6 Å². The molecule has 1 aliphatic heterocycles. The van der Waals surface area contributed by atoms with Gasteiger partial charge in [-0.2, -0.15) is 0 Å². The highest BCUT2D eigenvalue weighted by molar-refractivity contribution is 4.82. The van der Waals surface area contributed by atoms with Crippen LogP contribution in [-0.2, 0) is 0 Å². The molecule has 0 bridgehead atoms. The summed E-state index contributed by atoms with van der Waals surface area (Å²) in [5.74, 6) is 0. The van der Waals surface area contributed by atoms with Crippen LogP contribution in [0.3, 0.4) is 0 Å². The molecule has 0 aliphatic carbocycles. The molecule has 3 N–H and O–H groups in total. The Bertz CT molecular complexity index is 195. The second-order valence-electron chi connectivity index (χ2n) is 5.28. The average Bonchev–Trinajstić information content (AvgIpc) is 2.54. The summed E-state index contributed by atoms with van der Waals surface area (Å²) in [6, 6.07) is 0.194. The number of likely N-dealkylation sites (tertiary alicyclic amines) is 1. The highest BCUT2D eigenvalue weighted by atomic mass is 16.3. The lowest BCUT2D eigenvalue weighted by atomic mass is 9.91. The Hall–Kier alpha value is -0.160. The number of hydrogen-bond acceptors (Lipinski definition) is 4. The second-order valence-corrected chi connectivity index (χ2v) is 5.28. The van der Waals surface area contributed by atoms with E-state index < -0.39 is 5.41 Å². The standard InChI is InChI=1S/C12H25NO3/c1-12(9-15,10-16)8-13-6-4-2-3-5-11(13)7-14/h11,14-16H,2-10H2,1H3. The van der Waals surface area contributed by atoms with Crippen LogP contribution in [0.5, 0.6) is 0 Å². The summed E-state index contributed by atoms with van der Waals surface area (Å²) >= 11 is 0. The highest BCUT2D eigenvalue weighted by Gasteiger charge is 2.29. The van der Waals surface area contributed by atoms with Crippen molar-refractivity contribution in [3.05, 3.63) is 0 Å². The first-order valence-electron chi connectivity index (χ1n) is 6.22. The molecule has 1 unspecified atom stereocenters. The van der Waals surface area contributed by atoms with Gasteiger partial charge in [-0.1, -0.05) is 19.8 Å². The third kappa shape index (κ3) is 3.70. The van der Waals surface area contributed by atoms with Crippen molar-refractivity contribution in [3.8, 4) is 0 Å². The van der Waals surface area contributed by atoms with Crippen molar-refractivity contribution in [2.75, 3.05) is 32.9 Å². The quantitative estimate of drug-likeness (QED) is 0.633. The van der Waals surface area contributed by atoms with Crippen molar-refractivity contribution in [1.29, 1.82) is 0 Å². The average molecular weight is 231 g/mol. The first-order chi connectivity index (χ1) is 7.65. The first-order valence-corrected chi connectivity index (χ1v) is 6.22. The summed E-state index contributed by atoms with van der Waals surface area (Å²) in [6.45, 7) is 3.64. The van der Waals surface area contributed by atoms with Gasteiger partial charge in [0.15, 0.2) is 0 Å². The summed E-state index contributed by atoms with van der Waals surface area (Å²) in [4.78, 5) is 2.22. The molecule has 1 fully saturated rings. The molecule has 4 nitrogen and oxygen atoms in total. The van der Waals surface area contributed by atoms with Gasteiger partial charge in [0.2, 0.25) is 0 Å². The van der Waals surface area contributed by atoms with Gasteiger partial charge in [0, 0.05) is 18.0 Å². The van der Waals surface area contributed by atoms with Crippen LogP contribution >= 0.6 is 0 Å². The molecule has 0 spiro atoms. The maximum Gasteiger partial charge on any atom is 0.0586 e. The van der Waals surface area contributed by atoms with Crippen LogP contribution in [0.25, 0.3) is 0 Å². The minimum Gasteiger partial charge on any atom is -0.396 e. The lowest BCUT2D eigenvalue weighted by Crippen LogP contribution is -2.46. The molecule has 4 heteroatoms. The molecule has 96 valence electrons. The highest BCUT2D eigenvalue weighted by Crippen LogP contribution is 2.22. The fourth-order valence-corrected chi connectivity index (χ4v) is 2.29. The lowest BCUT2D eigenvalue weighted by molar-refractivity contribution is 0.0124. The number of aliphatic hydroxyl groups is 3. The van der Waals surface area contributed by atoms with E-state index in [1.807, 2.05) is 6.92 Å². The molecule has 16 heavy (non-hydrogen) atoms. The zero-order valence-electron chi connectivity index (χ0n) is 10.2. The van der Waals surface area contributed by atoms with Crippen molar-refractivity contribution >= 4 is 0 Å². The van der Waals surface area contributed by atoms with Gasteiger partial charge >= 0.3 is 0 Å². The van der Waals surface area contributed by atoms with E-state index in [9.17, 15) is 15.3 Å². The summed E-state index contributed by atoms with van der Waals surface area (Å²) in [5.41, 5.74) is -0.461. The molecule has 0 amide bonds. The zero-order chi connectivity index (χ0) is 12.0. The molecule has 1 saturated heterocycles. The molecule has 1 atom stereocenters. The third-order valence-corrected chi connectivity index (χ3v) is 3.56. The van der Waals surface area contributed by atoms with E-state index in [1.54, 1.807) is 0 Å². The molecule has 0 radical (unpaired) electrons. The monoisotopic (exact) mass is 231 g/mol. The lowest BCUT2D eigenvalue weighted by Gasteiger charge is -2.36. The largest absolute Gasteiger partial charge is 0.396 e. The van der Waals surface area contributed by atoms with Gasteiger partial charge in [-0.3, -0.25) is 4.90 Å². The summed E-state index contributed by atoms with van der Waals surface area (Å²) in [6.07, 6.45) is 4.53. The summed E-state index contributed by atoms with van der Waals surface area (Å²) in [5, 5.41) is 28.0. The normalized spacial score (nSPS) is 24.4. The SMILES string of the molecule is CC(CO)(CO)CN1CCCCCC1CO. The van der Waals surface area contributed by atoms with Crippen LogP contribution in [0.2, 0.25) is 0 Å². The Morgan fingerprint density at radius 2 is 1.81 bits per heavy atom. The van der Waals surface area contributed by atoms with Crippen LogP contribution in [0.15, 0.2) is 0 Å². The Morgan fingerprint density at radius 3 is 2.38 bits per heavy atom. The topological polar surface area (TPSA) is 63.9 Å². The van der Waals surface area contributed by atoms with Crippen molar-refractivity contribution in [2.24, 2.45) is 5.41 Å². The van der Waals surface area contributed by atoms with E-state index in [4.69, 9.17) is 0 Å². The molecule has 1 heterocycles. The maximum atomic E-state index is 9.36. The van der Waals surface area contributed by atoms with Crippen LogP contribution in [0, 0.1) is 5.41 Å². The fourth-order valence-electron chi connectivity index (χ4n) is 2.29. The van der Waals surface area contributed by atoms with Gasteiger partial charge < -0.3 is 15.3 Å². The number of aliphatic hydroxyl groups excluding tert-OH is 3. The molecular formula is C12H25NO3. The predicted molar refractivity (Wildman–Crippen MR) is 63.2 cm³/mol. The van der Waals surface area contributed by atoms with E-state index in [2.05, 4.69) is 4.90 Å². The second kappa shape index (κ2) is 6.55. The minimum absolute atomic E-state index is 0.0157. The Balaban J connectivity index is 2.60. The molecule has 0 saturated carbocycles. The van der Waals surface area contributed by atoms with Gasteiger partial charge in [0.1, 0.15) is 0 Å². The molecular weight excluding hydrogens is 206 g/mol. The third-order valence-electron chi connectivity index (χ3n) is 3.56. The van der Waals surface area contributed by atoms with Crippen LogP contribution < -0.4 is 0 Å². The molecule has 0 aromatic heterocycles. The van der Waals surface area contributed by atoms with Gasteiger partial charge in [0.05, 0.1) is 19.8 Å². The van der Waals surface area contributed by atoms with Crippen molar-refractivity contribution in [1.82, 2.24) is 4.90 Å². The van der Waals surface area contributed by atoms with Crippen molar-refractivity contribution in [2.45, 2.75) is 38.6 Å². The van der Waals surface area contributed by atoms with Crippen LogP contribution in [0.4, 0.5) is 0 Å². The van der Waals surface area contributed by atoms with E-state index >= 15 is 0 Å². The number of rotatable bonds is 5. The Labute approximate surface area is 97.9 Å². The van der Waals surface area contributed by atoms with E-state index in [0.717, 1.165) is 25.8 Å². The maximum absolute atomic E-state index is 9.36. The first kappa shape index (κ1) is 13.9. The molecule has 1 rings (SSSR count). The predicted octanol–water partition coefficient (Wildman–Crippen LogP) is 0.214. The fraction of sp³-hybridized carbons (Fsp3) is 1.00. The van der Waals surface area contributed by atoms with Crippen LogP contribution in [-0.4, -0.2) is 59.2 Å².